The lowest BCUT2D eigenvalue weighted by Crippen LogP contribution is -2.61. The molecule has 0 heterocycles. The molecule has 0 aromatic heterocycles. The average Bonchev–Trinajstić information content (AvgIpc) is 2.45. The summed E-state index contributed by atoms with van der Waals surface area (Å²) in [5.41, 5.74) is 6.02. The van der Waals surface area contributed by atoms with Crippen LogP contribution >= 0.6 is 0 Å². The number of rotatable bonds is 6. The van der Waals surface area contributed by atoms with Crippen LogP contribution in [-0.4, -0.2) is 47.5 Å². The lowest BCUT2D eigenvalue weighted by molar-refractivity contribution is 0.0492. The van der Waals surface area contributed by atoms with Gasteiger partial charge in [-0.1, -0.05) is 26.7 Å². The second-order valence-electron chi connectivity index (χ2n) is 6.24. The van der Waals surface area contributed by atoms with Crippen LogP contribution in [-0.2, 0) is 0 Å². The molecule has 0 aliphatic heterocycles. The average molecular weight is 283 g/mol. The van der Waals surface area contributed by atoms with Gasteiger partial charge in [-0.25, -0.2) is 4.79 Å². The normalized spacial score (nSPS) is 26.4. The fraction of sp³-hybridized carbons (Fsp3) is 0.938. The molecule has 0 aromatic carbocycles. The number of nitrogens with zero attached hydrogens (tertiary/aromatic N) is 2. The monoisotopic (exact) mass is 283 g/mol. The molecule has 0 bridgehead atoms. The minimum absolute atomic E-state index is 0.118. The molecule has 4 heteroatoms. The van der Waals surface area contributed by atoms with E-state index in [0.29, 0.717) is 12.5 Å². The summed E-state index contributed by atoms with van der Waals surface area (Å²) < 4.78 is 0. The highest BCUT2D eigenvalue weighted by molar-refractivity contribution is 5.75. The molecule has 4 nitrogen and oxygen atoms in total. The van der Waals surface area contributed by atoms with Gasteiger partial charge in [0, 0.05) is 26.2 Å². The Balaban J connectivity index is 2.99. The summed E-state index contributed by atoms with van der Waals surface area (Å²) in [5, 5.41) is 0. The van der Waals surface area contributed by atoms with E-state index in [0.717, 1.165) is 38.9 Å². The van der Waals surface area contributed by atoms with E-state index in [2.05, 4.69) is 18.7 Å². The zero-order valence-electron chi connectivity index (χ0n) is 13.8. The molecule has 118 valence electrons. The maximum Gasteiger partial charge on any atom is 0.320 e. The van der Waals surface area contributed by atoms with Crippen molar-refractivity contribution >= 4 is 6.03 Å². The van der Waals surface area contributed by atoms with Crippen LogP contribution in [0, 0.1) is 5.92 Å². The summed E-state index contributed by atoms with van der Waals surface area (Å²) in [4.78, 5) is 16.9. The van der Waals surface area contributed by atoms with Crippen LogP contribution in [0.1, 0.15) is 59.8 Å². The van der Waals surface area contributed by atoms with Gasteiger partial charge >= 0.3 is 6.03 Å². The zero-order chi connectivity index (χ0) is 15.2. The van der Waals surface area contributed by atoms with Crippen molar-refractivity contribution in [3.8, 4) is 0 Å². The van der Waals surface area contributed by atoms with Crippen molar-refractivity contribution in [1.82, 2.24) is 9.80 Å². The van der Waals surface area contributed by atoms with Crippen molar-refractivity contribution in [2.75, 3.05) is 26.2 Å². The summed E-state index contributed by atoms with van der Waals surface area (Å²) in [6.07, 6.45) is 5.55. The van der Waals surface area contributed by atoms with Crippen molar-refractivity contribution in [3.63, 3.8) is 0 Å². The number of urea groups is 1. The van der Waals surface area contributed by atoms with E-state index >= 15 is 0 Å². The molecule has 2 unspecified atom stereocenters. The van der Waals surface area contributed by atoms with Gasteiger partial charge in [0.15, 0.2) is 0 Å². The molecule has 20 heavy (non-hydrogen) atoms. The quantitative estimate of drug-likeness (QED) is 0.814. The van der Waals surface area contributed by atoms with E-state index in [9.17, 15) is 4.79 Å². The van der Waals surface area contributed by atoms with Gasteiger partial charge in [-0.3, -0.25) is 0 Å². The van der Waals surface area contributed by atoms with Gasteiger partial charge in [0.25, 0.3) is 0 Å². The third-order valence-corrected chi connectivity index (χ3v) is 4.73. The maximum atomic E-state index is 12.9. The zero-order valence-corrected chi connectivity index (χ0v) is 13.8. The van der Waals surface area contributed by atoms with Crippen LogP contribution < -0.4 is 5.73 Å². The number of carbonyl (C=O) groups is 1. The van der Waals surface area contributed by atoms with E-state index in [-0.39, 0.29) is 11.6 Å². The van der Waals surface area contributed by atoms with Gasteiger partial charge in [0.05, 0.1) is 5.54 Å². The molecule has 1 aliphatic rings. The van der Waals surface area contributed by atoms with Crippen LogP contribution in [0.4, 0.5) is 4.79 Å². The first-order valence-electron chi connectivity index (χ1n) is 8.31. The van der Waals surface area contributed by atoms with E-state index in [1.54, 1.807) is 0 Å². The summed E-state index contributed by atoms with van der Waals surface area (Å²) in [7, 11) is 0. The minimum Gasteiger partial charge on any atom is -0.328 e. The second-order valence-corrected chi connectivity index (χ2v) is 6.24. The largest absolute Gasteiger partial charge is 0.328 e. The summed E-state index contributed by atoms with van der Waals surface area (Å²) in [6, 6.07) is 0.177. The van der Waals surface area contributed by atoms with Crippen LogP contribution in [0.15, 0.2) is 0 Å². The van der Waals surface area contributed by atoms with Crippen LogP contribution in [0.3, 0.4) is 0 Å². The topological polar surface area (TPSA) is 49.6 Å². The van der Waals surface area contributed by atoms with Gasteiger partial charge in [-0.15, -0.1) is 0 Å². The Morgan fingerprint density at radius 2 is 1.95 bits per heavy atom. The molecule has 0 aromatic rings. The number of carbonyl (C=O) groups excluding carboxylic acids is 1. The number of hydrogen-bond donors (Lipinski definition) is 1. The standard InChI is InChI=1S/C16H33N3O/c1-5-11-19(15(20)18(6-2)7-3)16(13-17)10-8-9-14(4)12-16/h14H,5-13,17H2,1-4H3. The Labute approximate surface area is 124 Å². The first-order chi connectivity index (χ1) is 9.54. The Hall–Kier alpha value is -0.770. The summed E-state index contributed by atoms with van der Waals surface area (Å²) in [6.45, 7) is 11.5. The van der Waals surface area contributed by atoms with E-state index in [4.69, 9.17) is 5.73 Å². The fourth-order valence-corrected chi connectivity index (χ4v) is 3.60. The Kier molecular flexibility index (Phi) is 6.80. The first kappa shape index (κ1) is 17.3. The van der Waals surface area contributed by atoms with Crippen molar-refractivity contribution in [1.29, 1.82) is 0 Å². The van der Waals surface area contributed by atoms with Crippen LogP contribution in [0.2, 0.25) is 0 Å². The van der Waals surface area contributed by atoms with E-state index in [1.165, 1.54) is 12.8 Å². The highest BCUT2D eigenvalue weighted by atomic mass is 16.2. The molecule has 1 fully saturated rings. The molecule has 1 aliphatic carbocycles. The van der Waals surface area contributed by atoms with Crippen molar-refractivity contribution < 1.29 is 4.79 Å². The Bertz CT molecular complexity index is 304. The molecule has 0 radical (unpaired) electrons. The molecular weight excluding hydrogens is 250 g/mol. The van der Waals surface area contributed by atoms with Crippen molar-refractivity contribution in [2.45, 2.75) is 65.3 Å². The third kappa shape index (κ3) is 3.66. The second kappa shape index (κ2) is 7.87. The third-order valence-electron chi connectivity index (χ3n) is 4.73. The summed E-state index contributed by atoms with van der Waals surface area (Å²) in [5.74, 6) is 0.663. The van der Waals surface area contributed by atoms with Crippen molar-refractivity contribution in [2.24, 2.45) is 11.7 Å². The molecule has 0 spiro atoms. The number of amides is 2. The van der Waals surface area contributed by atoms with Gasteiger partial charge in [0.1, 0.15) is 0 Å². The van der Waals surface area contributed by atoms with Gasteiger partial charge in [-0.05, 0) is 39.0 Å². The highest BCUT2D eigenvalue weighted by Crippen LogP contribution is 2.37. The smallest absolute Gasteiger partial charge is 0.320 e. The lowest BCUT2D eigenvalue weighted by atomic mass is 9.75. The number of hydrogen-bond acceptors (Lipinski definition) is 2. The van der Waals surface area contributed by atoms with Crippen molar-refractivity contribution in [3.05, 3.63) is 0 Å². The van der Waals surface area contributed by atoms with Gasteiger partial charge < -0.3 is 15.5 Å². The number of nitrogens with two attached hydrogens (primary N) is 1. The Morgan fingerprint density at radius 1 is 1.30 bits per heavy atom. The predicted molar refractivity (Wildman–Crippen MR) is 84.7 cm³/mol. The SMILES string of the molecule is CCCN(C(=O)N(CC)CC)C1(CN)CCCC(C)C1. The molecule has 2 N–H and O–H groups in total. The van der Waals surface area contributed by atoms with E-state index < -0.39 is 0 Å². The molecule has 1 rings (SSSR count). The van der Waals surface area contributed by atoms with Crippen LogP contribution in [0.25, 0.3) is 0 Å². The lowest BCUT2D eigenvalue weighted by Gasteiger charge is -2.49. The molecule has 0 saturated heterocycles. The first-order valence-corrected chi connectivity index (χ1v) is 8.31. The van der Waals surface area contributed by atoms with Crippen LogP contribution in [0.5, 0.6) is 0 Å². The summed E-state index contributed by atoms with van der Waals surface area (Å²) >= 11 is 0. The maximum absolute atomic E-state index is 12.9. The van der Waals surface area contributed by atoms with E-state index in [1.807, 2.05) is 18.7 Å². The molecular formula is C16H33N3O. The predicted octanol–water partition coefficient (Wildman–Crippen LogP) is 3.07. The van der Waals surface area contributed by atoms with Gasteiger partial charge in [0.2, 0.25) is 0 Å². The highest BCUT2D eigenvalue weighted by Gasteiger charge is 2.42. The fourth-order valence-electron chi connectivity index (χ4n) is 3.60. The molecule has 1 saturated carbocycles. The Morgan fingerprint density at radius 3 is 2.40 bits per heavy atom. The molecule has 2 amide bonds. The minimum atomic E-state index is -0.118. The van der Waals surface area contributed by atoms with Gasteiger partial charge in [-0.2, -0.15) is 0 Å². The molecule has 2 atom stereocenters.